The van der Waals surface area contributed by atoms with E-state index in [4.69, 9.17) is 5.73 Å². The predicted octanol–water partition coefficient (Wildman–Crippen LogP) is 0.245. The lowest BCUT2D eigenvalue weighted by Gasteiger charge is -2.09. The Labute approximate surface area is 118 Å². The molecular formula is C11H17FN2O4S2. The maximum absolute atomic E-state index is 13.6. The van der Waals surface area contributed by atoms with Crippen molar-refractivity contribution in [3.63, 3.8) is 0 Å². The Bertz CT molecular complexity index is 684. The van der Waals surface area contributed by atoms with Gasteiger partial charge in [-0.15, -0.1) is 0 Å². The highest BCUT2D eigenvalue weighted by molar-refractivity contribution is 7.90. The van der Waals surface area contributed by atoms with E-state index in [0.29, 0.717) is 12.5 Å². The van der Waals surface area contributed by atoms with Crippen molar-refractivity contribution in [3.8, 4) is 0 Å². The van der Waals surface area contributed by atoms with Gasteiger partial charge in [-0.3, -0.25) is 0 Å². The van der Waals surface area contributed by atoms with Gasteiger partial charge >= 0.3 is 0 Å². The van der Waals surface area contributed by atoms with E-state index in [0.717, 1.165) is 18.4 Å². The van der Waals surface area contributed by atoms with Crippen LogP contribution in [0.3, 0.4) is 0 Å². The van der Waals surface area contributed by atoms with E-state index in [1.165, 1.54) is 0 Å². The van der Waals surface area contributed by atoms with Crippen LogP contribution in [0.25, 0.3) is 0 Å². The fourth-order valence-corrected chi connectivity index (χ4v) is 3.24. The van der Waals surface area contributed by atoms with Gasteiger partial charge in [0.2, 0.25) is 10.0 Å². The summed E-state index contributed by atoms with van der Waals surface area (Å²) in [4.78, 5) is -0.862. The predicted molar refractivity (Wildman–Crippen MR) is 73.0 cm³/mol. The highest BCUT2D eigenvalue weighted by atomic mass is 32.2. The van der Waals surface area contributed by atoms with Crippen LogP contribution in [0.4, 0.5) is 4.39 Å². The summed E-state index contributed by atoms with van der Waals surface area (Å²) >= 11 is 0. The molecule has 0 spiro atoms. The van der Waals surface area contributed by atoms with E-state index in [1.807, 2.05) is 0 Å². The highest BCUT2D eigenvalue weighted by Gasteiger charge is 2.19. The minimum absolute atomic E-state index is 0.120. The summed E-state index contributed by atoms with van der Waals surface area (Å²) in [5.41, 5.74) is 5.49. The van der Waals surface area contributed by atoms with E-state index in [1.54, 1.807) is 6.92 Å². The number of nitrogens with one attached hydrogen (secondary N) is 1. The van der Waals surface area contributed by atoms with Crippen LogP contribution in [0, 0.1) is 5.82 Å². The van der Waals surface area contributed by atoms with Crippen LogP contribution < -0.4 is 10.5 Å². The third-order valence-corrected chi connectivity index (χ3v) is 5.09. The smallest absolute Gasteiger partial charge is 0.240 e. The second-order valence-electron chi connectivity index (χ2n) is 4.53. The van der Waals surface area contributed by atoms with Crippen molar-refractivity contribution in [1.29, 1.82) is 0 Å². The molecule has 0 aliphatic carbocycles. The minimum Gasteiger partial charge on any atom is -0.328 e. The Balaban J connectivity index is 3.01. The van der Waals surface area contributed by atoms with Gasteiger partial charge in [0.15, 0.2) is 9.84 Å². The van der Waals surface area contributed by atoms with Gasteiger partial charge in [-0.05, 0) is 31.5 Å². The van der Waals surface area contributed by atoms with Crippen molar-refractivity contribution in [2.45, 2.75) is 29.2 Å². The summed E-state index contributed by atoms with van der Waals surface area (Å²) in [5.74, 6) is -1.09. The average Bonchev–Trinajstić information content (AvgIpc) is 2.26. The van der Waals surface area contributed by atoms with Crippen molar-refractivity contribution in [2.24, 2.45) is 5.73 Å². The standard InChI is InChI=1S/C11H17FN2O4S2/c1-8(13)5-6-14-20(17,18)9-3-4-11(10(12)7-9)19(2,15)16/h3-4,7-8,14H,5-6,13H2,1-2H3. The van der Waals surface area contributed by atoms with Crippen LogP contribution in [0.1, 0.15) is 13.3 Å². The van der Waals surface area contributed by atoms with E-state index in [2.05, 4.69) is 4.72 Å². The normalized spacial score (nSPS) is 14.2. The molecule has 9 heteroatoms. The molecule has 1 unspecified atom stereocenters. The van der Waals surface area contributed by atoms with Crippen LogP contribution >= 0.6 is 0 Å². The zero-order valence-electron chi connectivity index (χ0n) is 11.1. The molecule has 6 nitrogen and oxygen atoms in total. The lowest BCUT2D eigenvalue weighted by atomic mass is 10.3. The lowest BCUT2D eigenvalue weighted by molar-refractivity contribution is 0.557. The van der Waals surface area contributed by atoms with E-state index < -0.39 is 30.6 Å². The molecule has 1 aromatic rings. The number of rotatable bonds is 6. The number of hydrogen-bond acceptors (Lipinski definition) is 5. The Morgan fingerprint density at radius 3 is 2.35 bits per heavy atom. The summed E-state index contributed by atoms with van der Waals surface area (Å²) < 4.78 is 62.1. The molecule has 0 fully saturated rings. The molecule has 0 radical (unpaired) electrons. The molecule has 1 aromatic carbocycles. The van der Waals surface area contributed by atoms with Crippen molar-refractivity contribution in [1.82, 2.24) is 4.72 Å². The van der Waals surface area contributed by atoms with E-state index >= 15 is 0 Å². The Hall–Kier alpha value is -1.03. The molecule has 1 atom stereocenters. The van der Waals surface area contributed by atoms with Crippen LogP contribution in [0.2, 0.25) is 0 Å². The third-order valence-electron chi connectivity index (χ3n) is 2.50. The summed E-state index contributed by atoms with van der Waals surface area (Å²) in [7, 11) is -7.61. The molecule has 20 heavy (non-hydrogen) atoms. The van der Waals surface area contributed by atoms with Crippen LogP contribution in [0.5, 0.6) is 0 Å². The third kappa shape index (κ3) is 4.51. The molecule has 0 saturated carbocycles. The first-order valence-corrected chi connectivity index (χ1v) is 9.16. The van der Waals surface area contributed by atoms with Crippen LogP contribution in [0.15, 0.2) is 28.0 Å². The number of sulfonamides is 1. The fourth-order valence-electron chi connectivity index (χ4n) is 1.45. The van der Waals surface area contributed by atoms with E-state index in [-0.39, 0.29) is 17.5 Å². The summed E-state index contributed by atoms with van der Waals surface area (Å²) in [5, 5.41) is 0. The van der Waals surface area contributed by atoms with Crippen molar-refractivity contribution in [3.05, 3.63) is 24.0 Å². The van der Waals surface area contributed by atoms with Crippen LogP contribution in [-0.2, 0) is 19.9 Å². The fraction of sp³-hybridized carbons (Fsp3) is 0.455. The molecule has 0 heterocycles. The van der Waals surface area contributed by atoms with Gasteiger partial charge in [-0.25, -0.2) is 25.9 Å². The van der Waals surface area contributed by atoms with Gasteiger partial charge in [0.25, 0.3) is 0 Å². The maximum atomic E-state index is 13.6. The molecule has 0 saturated heterocycles. The zero-order chi connectivity index (χ0) is 15.6. The molecule has 0 aliphatic heterocycles. The molecule has 0 amide bonds. The SMILES string of the molecule is CC(N)CCNS(=O)(=O)c1ccc(S(C)(=O)=O)c(F)c1. The van der Waals surface area contributed by atoms with Crippen molar-refractivity contribution >= 4 is 19.9 Å². The minimum atomic E-state index is -3.88. The molecule has 0 aliphatic rings. The number of hydrogen-bond donors (Lipinski definition) is 2. The second-order valence-corrected chi connectivity index (χ2v) is 8.28. The number of halogens is 1. The summed E-state index contributed by atoms with van der Waals surface area (Å²) in [6.45, 7) is 1.85. The van der Waals surface area contributed by atoms with Gasteiger partial charge in [0.05, 0.1) is 4.90 Å². The summed E-state index contributed by atoms with van der Waals surface area (Å²) in [6, 6.07) is 2.50. The Morgan fingerprint density at radius 2 is 1.90 bits per heavy atom. The lowest BCUT2D eigenvalue weighted by Crippen LogP contribution is -2.29. The van der Waals surface area contributed by atoms with Gasteiger partial charge in [0.1, 0.15) is 10.7 Å². The quantitative estimate of drug-likeness (QED) is 0.780. The second kappa shape index (κ2) is 6.17. The summed E-state index contributed by atoms with van der Waals surface area (Å²) in [6.07, 6.45) is 1.28. The molecule has 114 valence electrons. The first-order valence-electron chi connectivity index (χ1n) is 5.79. The van der Waals surface area contributed by atoms with Crippen molar-refractivity contribution < 1.29 is 21.2 Å². The first-order chi connectivity index (χ1) is 9.04. The maximum Gasteiger partial charge on any atom is 0.240 e. The van der Waals surface area contributed by atoms with Gasteiger partial charge in [-0.2, -0.15) is 0 Å². The van der Waals surface area contributed by atoms with Gasteiger partial charge in [-0.1, -0.05) is 0 Å². The zero-order valence-corrected chi connectivity index (χ0v) is 12.8. The first kappa shape index (κ1) is 17.0. The van der Waals surface area contributed by atoms with Gasteiger partial charge in [0, 0.05) is 18.8 Å². The number of sulfone groups is 1. The van der Waals surface area contributed by atoms with Gasteiger partial charge < -0.3 is 5.73 Å². The van der Waals surface area contributed by atoms with Crippen molar-refractivity contribution in [2.75, 3.05) is 12.8 Å². The molecule has 1 rings (SSSR count). The van der Waals surface area contributed by atoms with E-state index in [9.17, 15) is 21.2 Å². The molecule has 0 bridgehead atoms. The average molecular weight is 324 g/mol. The van der Waals surface area contributed by atoms with Crippen LogP contribution in [-0.4, -0.2) is 35.7 Å². The Kier molecular flexibility index (Phi) is 5.25. The topological polar surface area (TPSA) is 106 Å². The highest BCUT2D eigenvalue weighted by Crippen LogP contribution is 2.18. The Morgan fingerprint density at radius 1 is 1.30 bits per heavy atom. The molecule has 3 N–H and O–H groups in total. The monoisotopic (exact) mass is 324 g/mol. The number of benzene rings is 1. The largest absolute Gasteiger partial charge is 0.328 e. The molecular weight excluding hydrogens is 307 g/mol. The molecule has 0 aromatic heterocycles. The number of nitrogens with two attached hydrogens (primary N) is 1.